The highest BCUT2D eigenvalue weighted by Crippen LogP contribution is 2.29. The number of carbonyl (C=O) groups is 1. The Labute approximate surface area is 160 Å². The first-order valence-electron chi connectivity index (χ1n) is 9.90. The number of hydrogen-bond donors (Lipinski definition) is 1. The van der Waals surface area contributed by atoms with Crippen molar-refractivity contribution in [1.82, 2.24) is 19.7 Å². The summed E-state index contributed by atoms with van der Waals surface area (Å²) in [5.74, 6) is 0.108. The second kappa shape index (κ2) is 7.22. The number of aromatic nitrogens is 3. The van der Waals surface area contributed by atoms with Crippen molar-refractivity contribution in [2.75, 3.05) is 0 Å². The number of hydrogen-bond acceptors (Lipinski definition) is 2. The van der Waals surface area contributed by atoms with Gasteiger partial charge in [-0.05, 0) is 44.4 Å². The van der Waals surface area contributed by atoms with E-state index in [1.807, 2.05) is 19.4 Å². The van der Waals surface area contributed by atoms with Crippen LogP contribution in [0.2, 0.25) is 0 Å². The third-order valence-corrected chi connectivity index (χ3v) is 5.82. The molecule has 1 aromatic carbocycles. The Hall–Kier alpha value is -2.56. The van der Waals surface area contributed by atoms with E-state index >= 15 is 0 Å². The van der Waals surface area contributed by atoms with E-state index in [4.69, 9.17) is 0 Å². The maximum Gasteiger partial charge on any atom is 0.271 e. The van der Waals surface area contributed by atoms with Gasteiger partial charge >= 0.3 is 0 Å². The van der Waals surface area contributed by atoms with Crippen LogP contribution in [0.25, 0.3) is 10.9 Å². The number of H-pyrrole nitrogens is 1. The molecule has 0 radical (unpaired) electrons. The van der Waals surface area contributed by atoms with Crippen LogP contribution < -0.4 is 0 Å². The van der Waals surface area contributed by atoms with Gasteiger partial charge in [-0.2, -0.15) is 5.10 Å². The van der Waals surface area contributed by atoms with Crippen LogP contribution in [-0.2, 0) is 13.6 Å². The summed E-state index contributed by atoms with van der Waals surface area (Å²) in [6, 6.07) is 6.62. The van der Waals surface area contributed by atoms with Gasteiger partial charge in [0.2, 0.25) is 0 Å². The summed E-state index contributed by atoms with van der Waals surface area (Å²) in [4.78, 5) is 19.1. The van der Waals surface area contributed by atoms with E-state index in [-0.39, 0.29) is 5.91 Å². The van der Waals surface area contributed by atoms with E-state index in [0.717, 1.165) is 40.6 Å². The minimum Gasteiger partial charge on any atom is -0.350 e. The molecule has 2 heterocycles. The number of carbonyl (C=O) groups excluding carboxylic acids is 1. The predicted molar refractivity (Wildman–Crippen MR) is 108 cm³/mol. The fraction of sp³-hybridized carbons (Fsp3) is 0.455. The molecule has 27 heavy (non-hydrogen) atoms. The lowest BCUT2D eigenvalue weighted by molar-refractivity contribution is 0.0608. The second-order valence-electron chi connectivity index (χ2n) is 7.92. The van der Waals surface area contributed by atoms with Crippen LogP contribution in [-0.4, -0.2) is 31.6 Å². The molecule has 1 aliphatic rings. The number of amides is 1. The Morgan fingerprint density at radius 3 is 2.74 bits per heavy atom. The van der Waals surface area contributed by atoms with Crippen molar-refractivity contribution >= 4 is 16.8 Å². The van der Waals surface area contributed by atoms with Crippen LogP contribution >= 0.6 is 0 Å². The molecule has 3 aromatic rings. The third kappa shape index (κ3) is 3.51. The number of benzene rings is 1. The zero-order valence-electron chi connectivity index (χ0n) is 16.5. The molecule has 5 heteroatoms. The van der Waals surface area contributed by atoms with Gasteiger partial charge in [-0.25, -0.2) is 0 Å². The van der Waals surface area contributed by atoms with Crippen LogP contribution in [0.3, 0.4) is 0 Å². The average Bonchev–Trinajstić information content (AvgIpc) is 3.23. The average molecular weight is 364 g/mol. The molecule has 1 saturated carbocycles. The molecule has 0 unspecified atom stereocenters. The van der Waals surface area contributed by atoms with Crippen molar-refractivity contribution in [2.24, 2.45) is 7.05 Å². The largest absolute Gasteiger partial charge is 0.350 e. The Morgan fingerprint density at radius 1 is 1.26 bits per heavy atom. The van der Waals surface area contributed by atoms with Crippen molar-refractivity contribution < 1.29 is 4.79 Å². The van der Waals surface area contributed by atoms with Crippen molar-refractivity contribution in [3.8, 4) is 0 Å². The van der Waals surface area contributed by atoms with E-state index in [0.29, 0.717) is 12.6 Å². The molecular weight excluding hydrogens is 336 g/mol. The second-order valence-corrected chi connectivity index (χ2v) is 7.92. The molecule has 0 spiro atoms. The molecule has 0 bridgehead atoms. The molecule has 0 atom stereocenters. The topological polar surface area (TPSA) is 53.9 Å². The smallest absolute Gasteiger partial charge is 0.271 e. The number of nitrogens with zero attached hydrogens (tertiary/aromatic N) is 3. The fourth-order valence-corrected chi connectivity index (χ4v) is 4.31. The Bertz CT molecular complexity index is 962. The molecule has 142 valence electrons. The third-order valence-electron chi connectivity index (χ3n) is 5.82. The number of fused-ring (bicyclic) bond motifs is 1. The monoisotopic (exact) mass is 364 g/mol. The van der Waals surface area contributed by atoms with Gasteiger partial charge in [-0.15, -0.1) is 0 Å². The summed E-state index contributed by atoms with van der Waals surface area (Å²) < 4.78 is 1.80. The number of nitrogens with one attached hydrogen (secondary N) is 1. The van der Waals surface area contributed by atoms with Crippen LogP contribution in [0.4, 0.5) is 0 Å². The van der Waals surface area contributed by atoms with Crippen LogP contribution in [0.5, 0.6) is 0 Å². The maximum atomic E-state index is 13.6. The molecule has 1 aliphatic carbocycles. The van der Waals surface area contributed by atoms with Crippen molar-refractivity contribution in [1.29, 1.82) is 0 Å². The van der Waals surface area contributed by atoms with Gasteiger partial charge in [0.05, 0.1) is 6.20 Å². The Kier molecular flexibility index (Phi) is 4.77. The van der Waals surface area contributed by atoms with Gasteiger partial charge in [0.25, 0.3) is 5.91 Å². The summed E-state index contributed by atoms with van der Waals surface area (Å²) in [6.07, 6.45) is 9.72. The molecule has 1 amide bonds. The molecule has 5 nitrogen and oxygen atoms in total. The number of aryl methyl sites for hydroxylation is 3. The van der Waals surface area contributed by atoms with Crippen LogP contribution in [0, 0.1) is 13.8 Å². The highest BCUT2D eigenvalue weighted by atomic mass is 16.2. The van der Waals surface area contributed by atoms with Gasteiger partial charge in [-0.3, -0.25) is 9.48 Å². The number of aromatic amines is 1. The normalized spacial score (nSPS) is 15.4. The first-order valence-corrected chi connectivity index (χ1v) is 9.90. The number of rotatable bonds is 4. The van der Waals surface area contributed by atoms with Gasteiger partial charge in [0.1, 0.15) is 5.69 Å². The lowest BCUT2D eigenvalue weighted by Crippen LogP contribution is -2.41. The van der Waals surface area contributed by atoms with E-state index in [9.17, 15) is 4.79 Å². The first-order chi connectivity index (χ1) is 13.0. The molecule has 2 aromatic heterocycles. The lowest BCUT2D eigenvalue weighted by atomic mass is 9.93. The molecular formula is C22H28N4O. The Balaban J connectivity index is 1.70. The van der Waals surface area contributed by atoms with Crippen LogP contribution in [0.1, 0.15) is 59.3 Å². The highest BCUT2D eigenvalue weighted by molar-refractivity contribution is 6.01. The lowest BCUT2D eigenvalue weighted by Gasteiger charge is -2.34. The predicted octanol–water partition coefficient (Wildman–Crippen LogP) is 4.49. The minimum absolute atomic E-state index is 0.108. The summed E-state index contributed by atoms with van der Waals surface area (Å²) in [5, 5.41) is 5.42. The van der Waals surface area contributed by atoms with E-state index in [1.165, 1.54) is 24.8 Å². The standard InChI is InChI=1S/C22H28N4O/c1-15-9-10-20-19(11-15)16(2)21(24-20)22(27)26(18-7-5-4-6-8-18)14-17-12-23-25(3)13-17/h9-13,18,24H,4-8,14H2,1-3H3. The first kappa shape index (κ1) is 17.8. The van der Waals surface area contributed by atoms with Crippen molar-refractivity contribution in [3.63, 3.8) is 0 Å². The zero-order chi connectivity index (χ0) is 19.0. The van der Waals surface area contributed by atoms with Crippen molar-refractivity contribution in [3.05, 3.63) is 53.0 Å². The van der Waals surface area contributed by atoms with E-state index < -0.39 is 0 Å². The van der Waals surface area contributed by atoms with Crippen molar-refractivity contribution in [2.45, 2.75) is 58.5 Å². The van der Waals surface area contributed by atoms with E-state index in [2.05, 4.69) is 47.0 Å². The molecule has 4 rings (SSSR count). The van der Waals surface area contributed by atoms with Gasteiger partial charge in [-0.1, -0.05) is 30.9 Å². The van der Waals surface area contributed by atoms with E-state index in [1.54, 1.807) is 4.68 Å². The Morgan fingerprint density at radius 2 is 2.04 bits per heavy atom. The summed E-state index contributed by atoms with van der Waals surface area (Å²) in [5.41, 5.74) is 5.10. The molecule has 0 saturated heterocycles. The quantitative estimate of drug-likeness (QED) is 0.741. The summed E-state index contributed by atoms with van der Waals surface area (Å²) in [7, 11) is 1.92. The fourth-order valence-electron chi connectivity index (χ4n) is 4.31. The SMILES string of the molecule is Cc1ccc2[nH]c(C(=O)N(Cc3cnn(C)c3)C3CCCCC3)c(C)c2c1. The summed E-state index contributed by atoms with van der Waals surface area (Å²) >= 11 is 0. The molecule has 0 aliphatic heterocycles. The minimum atomic E-state index is 0.108. The zero-order valence-corrected chi connectivity index (χ0v) is 16.5. The highest BCUT2D eigenvalue weighted by Gasteiger charge is 2.29. The van der Waals surface area contributed by atoms with Gasteiger partial charge in [0, 0.05) is 42.3 Å². The van der Waals surface area contributed by atoms with Crippen LogP contribution in [0.15, 0.2) is 30.6 Å². The summed E-state index contributed by atoms with van der Waals surface area (Å²) in [6.45, 7) is 4.75. The van der Waals surface area contributed by atoms with Gasteiger partial charge in [0.15, 0.2) is 0 Å². The molecule has 1 N–H and O–H groups in total. The van der Waals surface area contributed by atoms with Gasteiger partial charge < -0.3 is 9.88 Å². The maximum absolute atomic E-state index is 13.6. The molecule has 1 fully saturated rings.